The Balaban J connectivity index is 2.18. The van der Waals surface area contributed by atoms with Gasteiger partial charge in [-0.15, -0.1) is 0 Å². The molecule has 6 nitrogen and oxygen atoms in total. The van der Waals surface area contributed by atoms with Crippen LogP contribution in [0.4, 0.5) is 5.69 Å². The molecule has 1 atom stereocenters. The van der Waals surface area contributed by atoms with Crippen molar-refractivity contribution in [1.82, 2.24) is 5.32 Å². The van der Waals surface area contributed by atoms with E-state index in [0.717, 1.165) is 11.3 Å². The van der Waals surface area contributed by atoms with Gasteiger partial charge >= 0.3 is 5.97 Å². The van der Waals surface area contributed by atoms with Gasteiger partial charge in [0, 0.05) is 24.7 Å². The molecule has 1 aliphatic heterocycles. The van der Waals surface area contributed by atoms with Crippen molar-refractivity contribution in [3.8, 4) is 0 Å². The topological polar surface area (TPSA) is 86.7 Å². The molecule has 0 aliphatic carbocycles. The minimum absolute atomic E-state index is 0.0274. The zero-order valence-electron chi connectivity index (χ0n) is 11.3. The molecule has 1 aliphatic rings. The molecular weight excluding hydrogens is 260 g/mol. The maximum absolute atomic E-state index is 11.9. The quantitative estimate of drug-likeness (QED) is 0.855. The first-order valence-electron chi connectivity index (χ1n) is 6.35. The first-order valence-corrected chi connectivity index (χ1v) is 6.35. The molecule has 0 unspecified atom stereocenters. The normalized spacial score (nSPS) is 14.6. The van der Waals surface area contributed by atoms with Crippen LogP contribution in [0, 0.1) is 0 Å². The van der Waals surface area contributed by atoms with Gasteiger partial charge in [0.15, 0.2) is 0 Å². The molecule has 6 heteroatoms. The van der Waals surface area contributed by atoms with Gasteiger partial charge in [-0.2, -0.15) is 0 Å². The molecule has 0 saturated carbocycles. The summed E-state index contributed by atoms with van der Waals surface area (Å²) in [6.45, 7) is 3.52. The number of aliphatic carboxylic acids is 1. The van der Waals surface area contributed by atoms with E-state index in [4.69, 9.17) is 5.11 Å². The van der Waals surface area contributed by atoms with Crippen LogP contribution in [0.25, 0.3) is 0 Å². The Labute approximate surface area is 116 Å². The highest BCUT2D eigenvalue weighted by molar-refractivity contribution is 5.99. The number of amides is 2. The molecule has 1 aromatic rings. The van der Waals surface area contributed by atoms with E-state index < -0.39 is 17.9 Å². The van der Waals surface area contributed by atoms with E-state index in [2.05, 4.69) is 5.32 Å². The van der Waals surface area contributed by atoms with Gasteiger partial charge in [0.2, 0.25) is 5.91 Å². The molecule has 2 amide bonds. The Morgan fingerprint density at radius 3 is 2.65 bits per heavy atom. The number of anilines is 1. The lowest BCUT2D eigenvalue weighted by Gasteiger charge is -2.15. The molecule has 2 N–H and O–H groups in total. The maximum atomic E-state index is 11.9. The summed E-state index contributed by atoms with van der Waals surface area (Å²) in [7, 11) is 0. The van der Waals surface area contributed by atoms with Gasteiger partial charge in [-0.3, -0.25) is 14.4 Å². The number of carboxylic acid groups (broad SMARTS) is 1. The predicted molar refractivity (Wildman–Crippen MR) is 72.7 cm³/mol. The highest BCUT2D eigenvalue weighted by Crippen LogP contribution is 2.28. The molecule has 2 rings (SSSR count). The zero-order chi connectivity index (χ0) is 14.9. The third kappa shape index (κ3) is 2.64. The standard InChI is InChI=1S/C14H16N2O4/c1-8(14(19)20)15-13(18)11-3-4-12-10(7-11)5-6-16(12)9(2)17/h3-4,7-8H,5-6H2,1-2H3,(H,15,18)(H,19,20)/t8-/m1/s1. The number of hydrogen-bond acceptors (Lipinski definition) is 3. The average Bonchev–Trinajstić information content (AvgIpc) is 2.81. The Morgan fingerprint density at radius 1 is 1.35 bits per heavy atom. The van der Waals surface area contributed by atoms with E-state index in [-0.39, 0.29) is 5.91 Å². The van der Waals surface area contributed by atoms with Crippen molar-refractivity contribution < 1.29 is 19.5 Å². The van der Waals surface area contributed by atoms with Gasteiger partial charge in [-0.1, -0.05) is 0 Å². The molecule has 0 saturated heterocycles. The van der Waals surface area contributed by atoms with Crippen molar-refractivity contribution in [3.05, 3.63) is 29.3 Å². The van der Waals surface area contributed by atoms with Crippen molar-refractivity contribution in [2.24, 2.45) is 0 Å². The van der Waals surface area contributed by atoms with Gasteiger partial charge in [0.05, 0.1) is 0 Å². The van der Waals surface area contributed by atoms with Crippen LogP contribution in [0.15, 0.2) is 18.2 Å². The number of carbonyl (C=O) groups excluding carboxylic acids is 2. The van der Waals surface area contributed by atoms with E-state index in [1.165, 1.54) is 13.8 Å². The van der Waals surface area contributed by atoms with Crippen LogP contribution in [0.1, 0.15) is 29.8 Å². The molecule has 0 fully saturated rings. The first kappa shape index (κ1) is 14.0. The van der Waals surface area contributed by atoms with Gasteiger partial charge < -0.3 is 15.3 Å². The molecule has 106 valence electrons. The Hall–Kier alpha value is -2.37. The number of rotatable bonds is 3. The number of fused-ring (bicyclic) bond motifs is 1. The lowest BCUT2D eigenvalue weighted by atomic mass is 10.1. The van der Waals surface area contributed by atoms with E-state index in [1.54, 1.807) is 23.1 Å². The number of carboxylic acids is 1. The van der Waals surface area contributed by atoms with E-state index in [9.17, 15) is 14.4 Å². The van der Waals surface area contributed by atoms with Crippen LogP contribution in [-0.2, 0) is 16.0 Å². The van der Waals surface area contributed by atoms with Gasteiger partial charge in [-0.25, -0.2) is 0 Å². The molecule has 0 radical (unpaired) electrons. The fourth-order valence-electron chi connectivity index (χ4n) is 2.21. The predicted octanol–water partition coefficient (Wildman–Crippen LogP) is 0.798. The van der Waals surface area contributed by atoms with Gasteiger partial charge in [-0.05, 0) is 37.1 Å². The molecule has 20 heavy (non-hydrogen) atoms. The second kappa shape index (κ2) is 5.32. The smallest absolute Gasteiger partial charge is 0.325 e. The average molecular weight is 276 g/mol. The van der Waals surface area contributed by atoms with Crippen molar-refractivity contribution in [2.45, 2.75) is 26.3 Å². The van der Waals surface area contributed by atoms with Crippen molar-refractivity contribution in [1.29, 1.82) is 0 Å². The van der Waals surface area contributed by atoms with Crippen LogP contribution in [0.3, 0.4) is 0 Å². The number of nitrogens with one attached hydrogen (secondary N) is 1. The van der Waals surface area contributed by atoms with Crippen LogP contribution in [0.5, 0.6) is 0 Å². The second-order valence-electron chi connectivity index (χ2n) is 4.80. The largest absolute Gasteiger partial charge is 0.480 e. The Morgan fingerprint density at radius 2 is 2.05 bits per heavy atom. The van der Waals surface area contributed by atoms with E-state index >= 15 is 0 Å². The Kier molecular flexibility index (Phi) is 3.74. The molecular formula is C14H16N2O4. The second-order valence-corrected chi connectivity index (χ2v) is 4.80. The highest BCUT2D eigenvalue weighted by Gasteiger charge is 2.23. The third-order valence-corrected chi connectivity index (χ3v) is 3.34. The van der Waals surface area contributed by atoms with Crippen molar-refractivity contribution in [2.75, 3.05) is 11.4 Å². The monoisotopic (exact) mass is 276 g/mol. The van der Waals surface area contributed by atoms with Crippen molar-refractivity contribution >= 4 is 23.5 Å². The van der Waals surface area contributed by atoms with E-state index in [0.29, 0.717) is 18.5 Å². The molecule has 0 aromatic heterocycles. The number of hydrogen-bond donors (Lipinski definition) is 2. The number of nitrogens with zero attached hydrogens (tertiary/aromatic N) is 1. The Bertz CT molecular complexity index is 583. The van der Waals surface area contributed by atoms with Crippen LogP contribution in [-0.4, -0.2) is 35.5 Å². The lowest BCUT2D eigenvalue weighted by molar-refractivity contribution is -0.138. The minimum Gasteiger partial charge on any atom is -0.480 e. The van der Waals surface area contributed by atoms with E-state index in [1.807, 2.05) is 0 Å². The van der Waals surface area contributed by atoms with Gasteiger partial charge in [0.1, 0.15) is 6.04 Å². The summed E-state index contributed by atoms with van der Waals surface area (Å²) in [5.74, 6) is -1.54. The first-order chi connectivity index (χ1) is 9.40. The summed E-state index contributed by atoms with van der Waals surface area (Å²) in [4.78, 5) is 35.7. The summed E-state index contributed by atoms with van der Waals surface area (Å²) in [5.41, 5.74) is 2.15. The summed E-state index contributed by atoms with van der Waals surface area (Å²) in [6, 6.07) is 4.10. The van der Waals surface area contributed by atoms with Crippen molar-refractivity contribution in [3.63, 3.8) is 0 Å². The van der Waals surface area contributed by atoms with Crippen LogP contribution in [0.2, 0.25) is 0 Å². The SMILES string of the molecule is CC(=O)N1CCc2cc(C(=O)N[C@H](C)C(=O)O)ccc21. The lowest BCUT2D eigenvalue weighted by Crippen LogP contribution is -2.38. The maximum Gasteiger partial charge on any atom is 0.325 e. The number of carbonyl (C=O) groups is 3. The molecule has 0 bridgehead atoms. The molecule has 0 spiro atoms. The molecule has 1 aromatic carbocycles. The summed E-state index contributed by atoms with van der Waals surface area (Å²) < 4.78 is 0. The summed E-state index contributed by atoms with van der Waals surface area (Å²) >= 11 is 0. The zero-order valence-corrected chi connectivity index (χ0v) is 11.3. The number of benzene rings is 1. The fourth-order valence-corrected chi connectivity index (χ4v) is 2.21. The summed E-state index contributed by atoms with van der Waals surface area (Å²) in [6.07, 6.45) is 0.699. The molecule has 1 heterocycles. The van der Waals surface area contributed by atoms with Gasteiger partial charge in [0.25, 0.3) is 5.91 Å². The minimum atomic E-state index is -1.08. The third-order valence-electron chi connectivity index (χ3n) is 3.34. The van der Waals surface area contributed by atoms with Crippen LogP contribution >= 0.6 is 0 Å². The van der Waals surface area contributed by atoms with Crippen LogP contribution < -0.4 is 10.2 Å². The fraction of sp³-hybridized carbons (Fsp3) is 0.357. The highest BCUT2D eigenvalue weighted by atomic mass is 16.4. The summed E-state index contributed by atoms with van der Waals surface area (Å²) in [5, 5.41) is 11.2.